The van der Waals surface area contributed by atoms with Crippen molar-refractivity contribution in [1.29, 1.82) is 0 Å². The van der Waals surface area contributed by atoms with Crippen LogP contribution in [0, 0.1) is 0 Å². The number of carboxylic acid groups (broad SMARTS) is 1. The van der Waals surface area contributed by atoms with Crippen LogP contribution in [-0.2, 0) is 9.53 Å². The average Bonchev–Trinajstić information content (AvgIpc) is 2.97. The number of piperazine rings is 1. The number of methoxy groups -OCH3 is 1. The number of thiazole rings is 1. The van der Waals surface area contributed by atoms with E-state index in [9.17, 15) is 18.0 Å². The highest BCUT2D eigenvalue weighted by molar-refractivity contribution is 7.13. The van der Waals surface area contributed by atoms with Gasteiger partial charge in [0.2, 0.25) is 0 Å². The van der Waals surface area contributed by atoms with Gasteiger partial charge in [0.25, 0.3) is 0 Å². The van der Waals surface area contributed by atoms with Gasteiger partial charge >= 0.3 is 18.1 Å². The fourth-order valence-electron chi connectivity index (χ4n) is 1.46. The number of halogens is 3. The second-order valence-electron chi connectivity index (χ2n) is 4.05. The molecule has 2 rings (SSSR count). The van der Waals surface area contributed by atoms with Gasteiger partial charge in [-0.2, -0.15) is 13.2 Å². The first-order chi connectivity index (χ1) is 10.3. The molecular formula is C11H14F3N3O4S. The Labute approximate surface area is 127 Å². The van der Waals surface area contributed by atoms with Crippen molar-refractivity contribution in [3.63, 3.8) is 0 Å². The molecule has 0 saturated carbocycles. The van der Waals surface area contributed by atoms with Gasteiger partial charge in [0.05, 0.1) is 7.11 Å². The Morgan fingerprint density at radius 2 is 1.95 bits per heavy atom. The molecule has 0 amide bonds. The molecular weight excluding hydrogens is 327 g/mol. The maximum atomic E-state index is 11.2. The van der Waals surface area contributed by atoms with Crippen LogP contribution in [0.25, 0.3) is 0 Å². The molecule has 0 aromatic carbocycles. The highest BCUT2D eigenvalue weighted by atomic mass is 32.1. The van der Waals surface area contributed by atoms with Crippen molar-refractivity contribution >= 4 is 28.4 Å². The number of carboxylic acids is 1. The predicted molar refractivity (Wildman–Crippen MR) is 72.2 cm³/mol. The summed E-state index contributed by atoms with van der Waals surface area (Å²) in [4.78, 5) is 26.5. The Balaban J connectivity index is 0.000000295. The van der Waals surface area contributed by atoms with Gasteiger partial charge < -0.3 is 20.1 Å². The molecule has 7 nitrogen and oxygen atoms in total. The molecule has 0 unspecified atom stereocenters. The van der Waals surface area contributed by atoms with E-state index in [1.54, 1.807) is 5.38 Å². The molecule has 124 valence electrons. The number of carbonyl (C=O) groups excluding carboxylic acids is 1. The molecule has 22 heavy (non-hydrogen) atoms. The molecule has 0 aliphatic carbocycles. The van der Waals surface area contributed by atoms with Crippen molar-refractivity contribution < 1.29 is 32.6 Å². The monoisotopic (exact) mass is 341 g/mol. The third-order valence-corrected chi connectivity index (χ3v) is 3.42. The Kier molecular flexibility index (Phi) is 6.56. The summed E-state index contributed by atoms with van der Waals surface area (Å²) in [5.41, 5.74) is 0.399. The quantitative estimate of drug-likeness (QED) is 0.775. The van der Waals surface area contributed by atoms with Gasteiger partial charge in [-0.05, 0) is 0 Å². The van der Waals surface area contributed by atoms with Crippen molar-refractivity contribution in [1.82, 2.24) is 10.3 Å². The Bertz CT molecular complexity index is 515. The third-order valence-electron chi connectivity index (χ3n) is 2.52. The molecule has 2 heterocycles. The summed E-state index contributed by atoms with van der Waals surface area (Å²) >= 11 is 1.49. The zero-order chi connectivity index (χ0) is 16.8. The maximum absolute atomic E-state index is 11.2. The topological polar surface area (TPSA) is 91.8 Å². The van der Waals surface area contributed by atoms with Gasteiger partial charge in [0.15, 0.2) is 10.8 Å². The minimum Gasteiger partial charge on any atom is -0.475 e. The second-order valence-corrected chi connectivity index (χ2v) is 4.88. The van der Waals surface area contributed by atoms with E-state index in [2.05, 4.69) is 19.9 Å². The number of alkyl halides is 3. The van der Waals surface area contributed by atoms with E-state index >= 15 is 0 Å². The third kappa shape index (κ3) is 5.48. The van der Waals surface area contributed by atoms with Gasteiger partial charge in [0, 0.05) is 31.6 Å². The molecule has 0 radical (unpaired) electrons. The lowest BCUT2D eigenvalue weighted by Crippen LogP contribution is -2.43. The van der Waals surface area contributed by atoms with Gasteiger partial charge in [-0.3, -0.25) is 0 Å². The highest BCUT2D eigenvalue weighted by Gasteiger charge is 2.38. The van der Waals surface area contributed by atoms with Crippen LogP contribution in [-0.4, -0.2) is 61.5 Å². The van der Waals surface area contributed by atoms with Crippen molar-refractivity contribution in [2.24, 2.45) is 0 Å². The number of nitrogens with zero attached hydrogens (tertiary/aromatic N) is 2. The number of anilines is 1. The zero-order valence-electron chi connectivity index (χ0n) is 11.5. The van der Waals surface area contributed by atoms with Crippen LogP contribution < -0.4 is 10.2 Å². The molecule has 2 N–H and O–H groups in total. The van der Waals surface area contributed by atoms with Gasteiger partial charge in [0.1, 0.15) is 0 Å². The van der Waals surface area contributed by atoms with E-state index in [4.69, 9.17) is 9.90 Å². The number of esters is 1. The average molecular weight is 341 g/mol. The van der Waals surface area contributed by atoms with E-state index in [1.807, 2.05) is 0 Å². The Hall–Kier alpha value is -1.88. The van der Waals surface area contributed by atoms with Crippen LogP contribution in [0.3, 0.4) is 0 Å². The second kappa shape index (κ2) is 7.94. The summed E-state index contributed by atoms with van der Waals surface area (Å²) in [5, 5.41) is 13.0. The fourth-order valence-corrected chi connectivity index (χ4v) is 2.31. The first-order valence-corrected chi connectivity index (χ1v) is 6.93. The normalized spacial score (nSPS) is 14.8. The highest BCUT2D eigenvalue weighted by Crippen LogP contribution is 2.21. The fraction of sp³-hybridized carbons (Fsp3) is 0.545. The molecule has 1 saturated heterocycles. The van der Waals surface area contributed by atoms with E-state index in [0.717, 1.165) is 31.3 Å². The summed E-state index contributed by atoms with van der Waals surface area (Å²) < 4.78 is 36.3. The Morgan fingerprint density at radius 1 is 1.41 bits per heavy atom. The Morgan fingerprint density at radius 3 is 2.41 bits per heavy atom. The molecule has 0 atom stereocenters. The number of rotatable bonds is 2. The lowest BCUT2D eigenvalue weighted by molar-refractivity contribution is -0.192. The first kappa shape index (κ1) is 18.2. The smallest absolute Gasteiger partial charge is 0.475 e. The molecule has 1 aliphatic heterocycles. The van der Waals surface area contributed by atoms with E-state index in [0.29, 0.717) is 5.69 Å². The minimum atomic E-state index is -5.08. The predicted octanol–water partition coefficient (Wildman–Crippen LogP) is 0.973. The first-order valence-electron chi connectivity index (χ1n) is 6.05. The zero-order valence-corrected chi connectivity index (χ0v) is 12.3. The van der Waals surface area contributed by atoms with Crippen molar-refractivity contribution in [2.45, 2.75) is 6.18 Å². The summed E-state index contributed by atoms with van der Waals surface area (Å²) in [6.07, 6.45) is -5.08. The van der Waals surface area contributed by atoms with E-state index in [1.165, 1.54) is 18.4 Å². The number of aliphatic carboxylic acids is 1. The van der Waals surface area contributed by atoms with E-state index in [-0.39, 0.29) is 5.97 Å². The molecule has 1 fully saturated rings. The van der Waals surface area contributed by atoms with Crippen LogP contribution in [0.5, 0.6) is 0 Å². The number of carbonyl (C=O) groups is 2. The van der Waals surface area contributed by atoms with Crippen molar-refractivity contribution in [3.05, 3.63) is 11.1 Å². The van der Waals surface area contributed by atoms with Crippen molar-refractivity contribution in [2.75, 3.05) is 38.2 Å². The molecule has 0 bridgehead atoms. The largest absolute Gasteiger partial charge is 0.490 e. The molecule has 0 spiro atoms. The SMILES string of the molecule is COC(=O)c1csc(N2CCNCC2)n1.O=C(O)C(F)(F)F. The molecule has 1 aliphatic rings. The molecule has 11 heteroatoms. The number of hydrogen-bond acceptors (Lipinski definition) is 7. The lowest BCUT2D eigenvalue weighted by Gasteiger charge is -2.26. The molecule has 1 aromatic heterocycles. The summed E-state index contributed by atoms with van der Waals surface area (Å²) in [7, 11) is 1.37. The number of nitrogens with one attached hydrogen (secondary N) is 1. The van der Waals surface area contributed by atoms with Crippen molar-refractivity contribution in [3.8, 4) is 0 Å². The summed E-state index contributed by atoms with van der Waals surface area (Å²) in [6.45, 7) is 3.81. The minimum absolute atomic E-state index is 0.368. The van der Waals surface area contributed by atoms with Crippen LogP contribution >= 0.6 is 11.3 Å². The number of hydrogen-bond donors (Lipinski definition) is 2. The van der Waals surface area contributed by atoms with Crippen LogP contribution in [0.15, 0.2) is 5.38 Å². The van der Waals surface area contributed by atoms with Gasteiger partial charge in [-0.1, -0.05) is 0 Å². The number of aromatic nitrogens is 1. The van der Waals surface area contributed by atoms with Gasteiger partial charge in [-0.25, -0.2) is 14.6 Å². The molecule has 1 aromatic rings. The van der Waals surface area contributed by atoms with Crippen LogP contribution in [0.1, 0.15) is 10.5 Å². The van der Waals surface area contributed by atoms with Crippen LogP contribution in [0.2, 0.25) is 0 Å². The lowest BCUT2D eigenvalue weighted by atomic mass is 10.4. The number of ether oxygens (including phenoxy) is 1. The summed E-state index contributed by atoms with van der Waals surface area (Å²) in [6, 6.07) is 0. The standard InChI is InChI=1S/C9H13N3O2S.C2HF3O2/c1-14-8(13)7-6-15-9(11-7)12-4-2-10-3-5-12;3-2(4,5)1(6)7/h6,10H,2-5H2,1H3;(H,6,7). The van der Waals surface area contributed by atoms with Crippen LogP contribution in [0.4, 0.5) is 18.3 Å². The maximum Gasteiger partial charge on any atom is 0.490 e. The van der Waals surface area contributed by atoms with E-state index < -0.39 is 12.1 Å². The summed E-state index contributed by atoms with van der Waals surface area (Å²) in [5.74, 6) is -3.12. The van der Waals surface area contributed by atoms with Gasteiger partial charge in [-0.15, -0.1) is 11.3 Å².